The molecule has 92 valence electrons. The van der Waals surface area contributed by atoms with Crippen LogP contribution >= 0.6 is 22.9 Å². The monoisotopic (exact) mass is 271 g/mol. The summed E-state index contributed by atoms with van der Waals surface area (Å²) in [4.78, 5) is 1.19. The zero-order valence-electron chi connectivity index (χ0n) is 9.43. The third-order valence-electron chi connectivity index (χ3n) is 2.37. The Labute approximate surface area is 109 Å². The Morgan fingerprint density at radius 1 is 1.59 bits per heavy atom. The lowest BCUT2D eigenvalue weighted by Crippen LogP contribution is -2.04. The smallest absolute Gasteiger partial charge is 0.0932 e. The van der Waals surface area contributed by atoms with Gasteiger partial charge in [0.1, 0.15) is 0 Å². The topological polar surface area (TPSA) is 50.1 Å². The number of aliphatic hydroxyl groups excluding tert-OH is 1. The maximum atomic E-state index is 8.80. The average Bonchev–Trinajstić information content (AvgIpc) is 2.88. The van der Waals surface area contributed by atoms with Crippen molar-refractivity contribution in [2.45, 2.75) is 19.5 Å². The fourth-order valence-corrected chi connectivity index (χ4v) is 2.61. The van der Waals surface area contributed by atoms with Crippen molar-refractivity contribution < 1.29 is 5.11 Å². The quantitative estimate of drug-likeness (QED) is 0.879. The number of hydrogen-bond acceptors (Lipinski definition) is 4. The molecular weight excluding hydrogens is 258 g/mol. The van der Waals surface area contributed by atoms with Gasteiger partial charge in [-0.25, -0.2) is 0 Å². The summed E-state index contributed by atoms with van der Waals surface area (Å²) >= 11 is 7.47. The highest BCUT2D eigenvalue weighted by atomic mass is 35.5. The van der Waals surface area contributed by atoms with Gasteiger partial charge in [0.15, 0.2) is 0 Å². The van der Waals surface area contributed by atoms with Crippen LogP contribution in [0.4, 0.5) is 5.69 Å². The molecule has 0 spiro atoms. The van der Waals surface area contributed by atoms with E-state index in [9.17, 15) is 0 Å². The summed E-state index contributed by atoms with van der Waals surface area (Å²) in [7, 11) is 0. The summed E-state index contributed by atoms with van der Waals surface area (Å²) in [6.45, 7) is 2.68. The Kier molecular flexibility index (Phi) is 4.04. The summed E-state index contributed by atoms with van der Waals surface area (Å²) in [6, 6.07) is 4.11. The third kappa shape index (κ3) is 3.21. The fraction of sp³-hybridized carbons (Fsp3) is 0.364. The van der Waals surface area contributed by atoms with E-state index in [1.165, 1.54) is 4.88 Å². The van der Waals surface area contributed by atoms with Crippen LogP contribution in [0.3, 0.4) is 0 Å². The summed E-state index contributed by atoms with van der Waals surface area (Å²) in [5.74, 6) is 0. The van der Waals surface area contributed by atoms with Gasteiger partial charge in [-0.15, -0.1) is 11.3 Å². The van der Waals surface area contributed by atoms with Crippen LogP contribution in [0, 0.1) is 0 Å². The first-order valence-corrected chi connectivity index (χ1v) is 6.53. The number of thiophene rings is 1. The molecule has 1 unspecified atom stereocenters. The molecule has 2 aromatic rings. The molecule has 2 N–H and O–H groups in total. The SMILES string of the molecule is CC(Nc1cnn(CCO)c1)c1ccc(Cl)s1. The molecule has 2 heterocycles. The third-order valence-corrected chi connectivity index (χ3v) is 3.78. The van der Waals surface area contributed by atoms with Crippen LogP contribution in [-0.2, 0) is 6.54 Å². The number of aliphatic hydroxyl groups is 1. The van der Waals surface area contributed by atoms with Crippen molar-refractivity contribution in [3.8, 4) is 0 Å². The molecule has 0 saturated heterocycles. The van der Waals surface area contributed by atoms with Crippen molar-refractivity contribution in [1.29, 1.82) is 0 Å². The van der Waals surface area contributed by atoms with Gasteiger partial charge in [0, 0.05) is 11.1 Å². The normalized spacial score (nSPS) is 12.6. The van der Waals surface area contributed by atoms with E-state index in [-0.39, 0.29) is 12.6 Å². The number of nitrogens with zero attached hydrogens (tertiary/aromatic N) is 2. The lowest BCUT2D eigenvalue weighted by Gasteiger charge is -2.11. The standard InChI is InChI=1S/C11H14ClN3OS/c1-8(10-2-3-11(12)17-10)14-9-6-13-15(7-9)4-5-16/h2-3,6-8,14,16H,4-5H2,1H3. The Morgan fingerprint density at radius 2 is 2.41 bits per heavy atom. The molecule has 0 aliphatic rings. The molecule has 4 nitrogen and oxygen atoms in total. The van der Waals surface area contributed by atoms with Gasteiger partial charge in [-0.3, -0.25) is 4.68 Å². The van der Waals surface area contributed by atoms with Crippen molar-refractivity contribution in [1.82, 2.24) is 9.78 Å². The maximum Gasteiger partial charge on any atom is 0.0932 e. The first kappa shape index (κ1) is 12.4. The van der Waals surface area contributed by atoms with E-state index in [2.05, 4.69) is 17.3 Å². The second-order valence-corrected chi connectivity index (χ2v) is 5.47. The molecule has 0 fully saturated rings. The highest BCUT2D eigenvalue weighted by Crippen LogP contribution is 2.28. The van der Waals surface area contributed by atoms with E-state index in [4.69, 9.17) is 16.7 Å². The van der Waals surface area contributed by atoms with Crippen LogP contribution in [0.5, 0.6) is 0 Å². The van der Waals surface area contributed by atoms with Gasteiger partial charge in [-0.2, -0.15) is 5.10 Å². The highest BCUT2D eigenvalue weighted by molar-refractivity contribution is 7.16. The Balaban J connectivity index is 1.99. The molecule has 0 amide bonds. The number of anilines is 1. The van der Waals surface area contributed by atoms with Crippen LogP contribution in [0.15, 0.2) is 24.5 Å². The van der Waals surface area contributed by atoms with Crippen molar-refractivity contribution in [3.05, 3.63) is 33.7 Å². The van der Waals surface area contributed by atoms with E-state index >= 15 is 0 Å². The van der Waals surface area contributed by atoms with Gasteiger partial charge in [0.05, 0.1) is 35.4 Å². The van der Waals surface area contributed by atoms with Gasteiger partial charge in [0.25, 0.3) is 0 Å². The first-order valence-electron chi connectivity index (χ1n) is 5.34. The Morgan fingerprint density at radius 3 is 3.06 bits per heavy atom. The molecule has 17 heavy (non-hydrogen) atoms. The molecule has 2 rings (SSSR count). The zero-order chi connectivity index (χ0) is 12.3. The lowest BCUT2D eigenvalue weighted by molar-refractivity contribution is 0.269. The molecular formula is C11H14ClN3OS. The lowest BCUT2D eigenvalue weighted by atomic mass is 10.3. The predicted molar refractivity (Wildman–Crippen MR) is 70.7 cm³/mol. The van der Waals surface area contributed by atoms with Crippen LogP contribution < -0.4 is 5.32 Å². The highest BCUT2D eigenvalue weighted by Gasteiger charge is 2.09. The van der Waals surface area contributed by atoms with Crippen molar-refractivity contribution in [3.63, 3.8) is 0 Å². The van der Waals surface area contributed by atoms with Gasteiger partial charge < -0.3 is 10.4 Å². The van der Waals surface area contributed by atoms with Crippen LogP contribution in [-0.4, -0.2) is 21.5 Å². The van der Waals surface area contributed by atoms with E-state index in [0.29, 0.717) is 6.54 Å². The fourth-order valence-electron chi connectivity index (χ4n) is 1.54. The molecule has 0 aliphatic carbocycles. The van der Waals surface area contributed by atoms with Gasteiger partial charge in [-0.1, -0.05) is 11.6 Å². The van der Waals surface area contributed by atoms with Crippen molar-refractivity contribution in [2.24, 2.45) is 0 Å². The minimum absolute atomic E-state index is 0.0945. The summed E-state index contributed by atoms with van der Waals surface area (Å²) in [5, 5.41) is 16.3. The van der Waals surface area contributed by atoms with E-state index < -0.39 is 0 Å². The van der Waals surface area contributed by atoms with Crippen LogP contribution in [0.25, 0.3) is 0 Å². The minimum atomic E-state index is 0.0945. The minimum Gasteiger partial charge on any atom is -0.394 e. The Bertz CT molecular complexity index is 483. The summed E-state index contributed by atoms with van der Waals surface area (Å²) in [5.41, 5.74) is 0.940. The zero-order valence-corrected chi connectivity index (χ0v) is 11.0. The second-order valence-electron chi connectivity index (χ2n) is 3.72. The van der Waals surface area contributed by atoms with Gasteiger partial charge in [0.2, 0.25) is 0 Å². The number of halogens is 1. The predicted octanol–water partition coefficient (Wildman–Crippen LogP) is 2.76. The number of rotatable bonds is 5. The van der Waals surface area contributed by atoms with Crippen molar-refractivity contribution in [2.75, 3.05) is 11.9 Å². The summed E-state index contributed by atoms with van der Waals surface area (Å²) in [6.07, 6.45) is 3.63. The van der Waals surface area contributed by atoms with Gasteiger partial charge in [-0.05, 0) is 19.1 Å². The molecule has 0 bridgehead atoms. The molecule has 6 heteroatoms. The van der Waals surface area contributed by atoms with E-state index in [0.717, 1.165) is 10.0 Å². The maximum absolute atomic E-state index is 8.80. The molecule has 2 aromatic heterocycles. The molecule has 0 radical (unpaired) electrons. The molecule has 0 saturated carbocycles. The summed E-state index contributed by atoms with van der Waals surface area (Å²) < 4.78 is 2.50. The number of nitrogens with one attached hydrogen (secondary N) is 1. The van der Waals surface area contributed by atoms with Crippen LogP contribution in [0.2, 0.25) is 4.34 Å². The van der Waals surface area contributed by atoms with Gasteiger partial charge >= 0.3 is 0 Å². The number of aromatic nitrogens is 2. The average molecular weight is 272 g/mol. The molecule has 1 atom stereocenters. The van der Waals surface area contributed by atoms with Crippen LogP contribution in [0.1, 0.15) is 17.8 Å². The molecule has 0 aliphatic heterocycles. The van der Waals surface area contributed by atoms with E-state index in [1.807, 2.05) is 18.3 Å². The van der Waals surface area contributed by atoms with E-state index in [1.54, 1.807) is 22.2 Å². The van der Waals surface area contributed by atoms with Crippen molar-refractivity contribution >= 4 is 28.6 Å². The largest absolute Gasteiger partial charge is 0.394 e. The Hall–Kier alpha value is -1.04. The number of hydrogen-bond donors (Lipinski definition) is 2. The molecule has 0 aromatic carbocycles. The first-order chi connectivity index (χ1) is 8.19. The second kappa shape index (κ2) is 5.53.